The SMILES string of the molecule is CC[C@H](C)[C@H](NC(=O)CN)C(=O)N[C@@H](CS)C(=O)N[C@@H](CCCN=C(N)N)C(=O)N[C@@H](CS)C(=O)N[C@H](C(=O)N[C@@H](CS)C(=O)NCC(=O)N[C@@H](CCCCN)C(=O)NCC(=O)N[C@H](C(=O)N[C@@H](CS)C(=O)N[C@@H](CCCN=C(N)N)C(=O)N[C@@H](CS)C(=O)N[C@H](C(=O)N[C@@H](CS)C(=O)NCC(=O)N[C@@H](CCCN=C(N)N)C(=O)O)[C@@H](C)CC)[C@@H](C)CC)[C@@H](C)CC. The summed E-state index contributed by atoms with van der Waals surface area (Å²) in [5.41, 5.74) is 43.9. The first kappa shape index (κ1) is 117. The zero-order chi connectivity index (χ0) is 96.8. The summed E-state index contributed by atoms with van der Waals surface area (Å²) in [5, 5.41) is 52.1. The number of hydrogen-bond donors (Lipinski definition) is 32. The van der Waals surface area contributed by atoms with Crippen molar-refractivity contribution in [1.29, 1.82) is 0 Å². The minimum atomic E-state index is -1.50. The van der Waals surface area contributed by atoms with Gasteiger partial charge in [0.25, 0.3) is 0 Å². The number of amides is 17. The molecule has 0 aromatic carbocycles. The summed E-state index contributed by atoms with van der Waals surface area (Å²) in [5.74, 6) is -21.2. The minimum absolute atomic E-state index is 0.0174. The molecule has 0 spiro atoms. The van der Waals surface area contributed by atoms with Crippen molar-refractivity contribution in [1.82, 2.24) is 90.4 Å². The van der Waals surface area contributed by atoms with Crippen LogP contribution in [0.5, 0.6) is 0 Å². The van der Waals surface area contributed by atoms with Crippen molar-refractivity contribution >= 4 is 200 Å². The van der Waals surface area contributed by atoms with Gasteiger partial charge in [0.1, 0.15) is 84.6 Å². The molecule has 18 atom stereocenters. The third kappa shape index (κ3) is 46.2. The largest absolute Gasteiger partial charge is 0.480 e. The van der Waals surface area contributed by atoms with Crippen LogP contribution in [0.3, 0.4) is 0 Å². The van der Waals surface area contributed by atoms with Crippen LogP contribution in [-0.2, 0) is 86.3 Å². The molecule has 0 aromatic heterocycles. The Balaban J connectivity index is 6.45. The Hall–Kier alpha value is -9.71. The van der Waals surface area contributed by atoms with Gasteiger partial charge in [-0.05, 0) is 88.0 Å². The Morgan fingerprint density at radius 1 is 0.276 bits per heavy atom. The molecule has 0 saturated heterocycles. The van der Waals surface area contributed by atoms with Crippen molar-refractivity contribution in [2.24, 2.45) is 84.5 Å². The molecule has 0 bridgehead atoms. The summed E-state index contributed by atoms with van der Waals surface area (Å²) in [6.45, 7) is 11.1. The summed E-state index contributed by atoms with van der Waals surface area (Å²) in [4.78, 5) is 256. The van der Waals surface area contributed by atoms with Gasteiger partial charge >= 0.3 is 5.97 Å². The molecule has 0 aliphatic carbocycles. The molecule has 17 amide bonds. The molecule has 0 rings (SSSR count). The number of carboxylic acid groups (broad SMARTS) is 1. The molecule has 0 aliphatic rings. The molecular formula is C74H136N28O19S6. The Labute approximate surface area is 772 Å². The van der Waals surface area contributed by atoms with E-state index < -0.39 is 235 Å². The number of aliphatic carboxylic acids is 1. The lowest BCUT2D eigenvalue weighted by molar-refractivity contribution is -0.142. The minimum Gasteiger partial charge on any atom is -0.480 e. The summed E-state index contributed by atoms with van der Waals surface area (Å²) in [6, 6.07) is -19.4. The molecule has 34 N–H and O–H groups in total. The number of rotatable bonds is 65. The van der Waals surface area contributed by atoms with Gasteiger partial charge in [0.15, 0.2) is 17.9 Å². The van der Waals surface area contributed by atoms with Crippen LogP contribution in [0.25, 0.3) is 0 Å². The zero-order valence-corrected chi connectivity index (χ0v) is 78.3. The zero-order valence-electron chi connectivity index (χ0n) is 72.9. The first-order valence-corrected chi connectivity index (χ1v) is 45.3. The third-order valence-corrected chi connectivity index (χ3v) is 22.1. The Morgan fingerprint density at radius 3 is 0.772 bits per heavy atom. The number of carbonyl (C=O) groups is 18. The predicted octanol–water partition coefficient (Wildman–Crippen LogP) is -9.78. The molecule has 0 fully saturated rings. The van der Waals surface area contributed by atoms with Crippen LogP contribution < -0.4 is 136 Å². The second kappa shape index (κ2) is 64.9. The van der Waals surface area contributed by atoms with Crippen molar-refractivity contribution in [3.63, 3.8) is 0 Å². The Kier molecular flexibility index (Phi) is 60.0. The van der Waals surface area contributed by atoms with E-state index in [9.17, 15) is 91.4 Å². The summed E-state index contributed by atoms with van der Waals surface area (Å²) < 4.78 is 0. The van der Waals surface area contributed by atoms with Crippen LogP contribution in [0.15, 0.2) is 15.0 Å². The first-order valence-electron chi connectivity index (χ1n) is 41.5. The van der Waals surface area contributed by atoms with Gasteiger partial charge in [-0.15, -0.1) is 0 Å². The van der Waals surface area contributed by atoms with Crippen LogP contribution in [0.2, 0.25) is 0 Å². The number of thiol groups is 6. The van der Waals surface area contributed by atoms with E-state index in [-0.39, 0.29) is 149 Å². The molecule has 127 heavy (non-hydrogen) atoms. The summed E-state index contributed by atoms with van der Waals surface area (Å²) in [7, 11) is 0. The Morgan fingerprint density at radius 2 is 0.496 bits per heavy atom. The molecule has 0 unspecified atom stereocenters. The summed E-state index contributed by atoms with van der Waals surface area (Å²) >= 11 is 25.5. The molecule has 0 heterocycles. The van der Waals surface area contributed by atoms with Crippen LogP contribution in [-0.4, -0.2) is 301 Å². The maximum Gasteiger partial charge on any atom is 0.326 e. The van der Waals surface area contributed by atoms with Crippen molar-refractivity contribution < 1.29 is 91.4 Å². The standard InChI is InChI=1S/C74H136N28O19S6/c1-9-36(5)54(99-50(103)26-76)67(116)97-46(32-124)63(112)91-41(19-15-23-83-72(77)78)61(110)93-48(34-126)65(114)101-56(38(7)11-3)69(118)95-44(30-122)59(108)87-27-51(104)89-40(18-13-14-22-75)58(107)86-29-53(106)100-55(37(6)10-2)68(117)98-47(33-125)64(113)92-42(20-16-24-84-73(79)80)62(111)94-49(35-127)66(115)102-57(39(8)12-4)70(119)96-45(31-123)60(109)88-28-52(105)90-43(71(120)121)21-17-25-85-74(81)82/h36-49,54-57,122-127H,9-35,75-76H2,1-8H3,(H,86,107)(H,87,108)(H,88,109)(H,89,104)(H,90,105)(H,91,112)(H,92,113)(H,93,110)(H,94,111)(H,95,118)(H,96,119)(H,97,116)(H,98,117)(H,99,103)(H,100,106)(H,101,114)(H,102,115)(H,120,121)(H4,77,78,83)(H4,79,80,84)(H4,81,82,85)/t36-,37-,38-,39-,40-,41-,42-,43-,44-,45-,46-,47-,48-,49-,54-,55-,56-,57-/m0/s1. The number of nitrogens with two attached hydrogens (primary N) is 8. The van der Waals surface area contributed by atoms with Gasteiger partial charge in [-0.1, -0.05) is 81.1 Å². The maximum atomic E-state index is 14.2. The van der Waals surface area contributed by atoms with Crippen LogP contribution >= 0.6 is 75.8 Å². The van der Waals surface area contributed by atoms with Gasteiger partial charge in [-0.3, -0.25) is 96.5 Å². The average Bonchev–Trinajstić information content (AvgIpc) is 0.861. The highest BCUT2D eigenvalue weighted by Crippen LogP contribution is 2.16. The number of carbonyl (C=O) groups excluding carboxylic acids is 17. The van der Waals surface area contributed by atoms with Crippen molar-refractivity contribution in [3.05, 3.63) is 0 Å². The van der Waals surface area contributed by atoms with E-state index in [4.69, 9.17) is 45.9 Å². The van der Waals surface area contributed by atoms with Crippen LogP contribution in [0.4, 0.5) is 0 Å². The number of hydrogen-bond acceptors (Lipinski definition) is 29. The molecule has 47 nitrogen and oxygen atoms in total. The quantitative estimate of drug-likeness (QED) is 0.0116. The van der Waals surface area contributed by atoms with Crippen LogP contribution in [0, 0.1) is 23.7 Å². The van der Waals surface area contributed by atoms with E-state index in [1.54, 1.807) is 55.4 Å². The molecule has 53 heteroatoms. The fourth-order valence-corrected chi connectivity index (χ4v) is 13.0. The normalized spacial score (nSPS) is 15.2. The second-order valence-corrected chi connectivity index (χ2v) is 31.9. The number of unbranched alkanes of at least 4 members (excludes halogenated alkanes) is 1. The molecule has 0 aliphatic heterocycles. The second-order valence-electron chi connectivity index (χ2n) is 29.8. The summed E-state index contributed by atoms with van der Waals surface area (Å²) in [6.07, 6.45) is 2.04. The van der Waals surface area contributed by atoms with E-state index in [0.29, 0.717) is 19.3 Å². The number of guanidine groups is 3. The fraction of sp³-hybridized carbons (Fsp3) is 0.716. The predicted molar refractivity (Wildman–Crippen MR) is 496 cm³/mol. The van der Waals surface area contributed by atoms with Crippen molar-refractivity contribution in [2.45, 2.75) is 223 Å². The monoisotopic (exact) mass is 1910 g/mol. The fourth-order valence-electron chi connectivity index (χ4n) is 11.5. The lowest BCUT2D eigenvalue weighted by Gasteiger charge is -2.29. The molecule has 722 valence electrons. The Bertz CT molecular complexity index is 3700. The maximum absolute atomic E-state index is 14.2. The number of aliphatic imine (C=N–C) groups is 3. The highest BCUT2D eigenvalue weighted by Gasteiger charge is 2.39. The van der Waals surface area contributed by atoms with Gasteiger partial charge < -0.3 is 141 Å². The van der Waals surface area contributed by atoms with Gasteiger partial charge in [-0.25, -0.2) is 4.79 Å². The van der Waals surface area contributed by atoms with Crippen molar-refractivity contribution in [2.75, 3.05) is 86.9 Å². The van der Waals surface area contributed by atoms with E-state index in [0.717, 1.165) is 0 Å². The van der Waals surface area contributed by atoms with E-state index in [1.807, 2.05) is 0 Å². The lowest BCUT2D eigenvalue weighted by atomic mass is 9.97. The molecule has 0 aromatic rings. The highest BCUT2D eigenvalue weighted by atomic mass is 32.1. The number of nitrogens with one attached hydrogen (secondary N) is 17. The lowest BCUT2D eigenvalue weighted by Crippen LogP contribution is -2.61. The van der Waals surface area contributed by atoms with E-state index in [2.05, 4.69) is 181 Å². The van der Waals surface area contributed by atoms with Crippen molar-refractivity contribution in [3.8, 4) is 0 Å². The van der Waals surface area contributed by atoms with Gasteiger partial charge in [-0.2, -0.15) is 75.8 Å². The van der Waals surface area contributed by atoms with Gasteiger partial charge in [0.05, 0.1) is 26.2 Å². The third-order valence-electron chi connectivity index (χ3n) is 19.9. The first-order chi connectivity index (χ1) is 60.0. The van der Waals surface area contributed by atoms with Gasteiger partial charge in [0.2, 0.25) is 100 Å². The van der Waals surface area contributed by atoms with E-state index in [1.165, 1.54) is 0 Å². The number of nitrogens with zero attached hydrogens (tertiary/aromatic N) is 3. The van der Waals surface area contributed by atoms with Gasteiger partial charge in [0, 0.05) is 54.2 Å². The molecular weight excluding hydrogens is 1780 g/mol. The molecule has 0 radical (unpaired) electrons. The highest BCUT2D eigenvalue weighted by molar-refractivity contribution is 7.81. The van der Waals surface area contributed by atoms with E-state index >= 15 is 0 Å². The van der Waals surface area contributed by atoms with Crippen LogP contribution in [0.1, 0.15) is 139 Å². The molecule has 0 saturated carbocycles. The average molecular weight is 1910 g/mol. The topological polar surface area (TPSA) is 777 Å². The number of carboxylic acids is 1. The smallest absolute Gasteiger partial charge is 0.326 e.